The minimum Gasteiger partial charge on any atom is -0.379 e. The third-order valence-corrected chi connectivity index (χ3v) is 5.49. The summed E-state index contributed by atoms with van der Waals surface area (Å²) < 4.78 is 5.35. The Labute approximate surface area is 172 Å². The molecule has 2 fully saturated rings. The van der Waals surface area contributed by atoms with Gasteiger partial charge in [-0.25, -0.2) is 4.98 Å². The highest BCUT2D eigenvalue weighted by Gasteiger charge is 2.22. The van der Waals surface area contributed by atoms with Gasteiger partial charge in [0.2, 0.25) is 0 Å². The van der Waals surface area contributed by atoms with Crippen molar-refractivity contribution in [2.75, 3.05) is 63.9 Å². The Balaban J connectivity index is 1.34. The molecule has 0 bridgehead atoms. The lowest BCUT2D eigenvalue weighted by molar-refractivity contribution is 0.0383. The van der Waals surface area contributed by atoms with Crippen LogP contribution in [0.2, 0.25) is 0 Å². The lowest BCUT2D eigenvalue weighted by Crippen LogP contribution is -2.46. The van der Waals surface area contributed by atoms with Gasteiger partial charge in [-0.1, -0.05) is 36.4 Å². The molecule has 7 heteroatoms. The van der Waals surface area contributed by atoms with Crippen LogP contribution in [0.25, 0.3) is 0 Å². The van der Waals surface area contributed by atoms with E-state index >= 15 is 0 Å². The van der Waals surface area contributed by atoms with Gasteiger partial charge in [-0.15, -0.1) is 0 Å². The number of piperazine rings is 1. The number of nitrogens with zero attached hydrogens (tertiary/aromatic N) is 3. The zero-order valence-electron chi connectivity index (χ0n) is 16.7. The maximum absolute atomic E-state index is 12.6. The molecule has 2 aromatic rings. The molecule has 0 saturated carbocycles. The molecule has 2 saturated heterocycles. The zero-order valence-corrected chi connectivity index (χ0v) is 16.7. The number of carbonyl (C=O) groups excluding carboxylic acids is 1. The van der Waals surface area contributed by atoms with Crippen molar-refractivity contribution in [2.24, 2.45) is 0 Å². The molecule has 1 atom stereocenters. The van der Waals surface area contributed by atoms with E-state index in [1.165, 1.54) is 5.56 Å². The van der Waals surface area contributed by atoms with Crippen LogP contribution in [0.3, 0.4) is 0 Å². The van der Waals surface area contributed by atoms with E-state index in [9.17, 15) is 4.79 Å². The standard InChI is InChI=1S/C22H29N5O2/c28-22(24-9-11-26-13-15-29-16-14-26)19-7-4-8-21(25-19)27-12-10-23-20(17-27)18-5-2-1-3-6-18/h1-8,20,23H,9-17H2,(H,24,28)/t20-/m0/s1. The highest BCUT2D eigenvalue weighted by Crippen LogP contribution is 2.21. The zero-order chi connectivity index (χ0) is 19.9. The Morgan fingerprint density at radius 1 is 1.10 bits per heavy atom. The quantitative estimate of drug-likeness (QED) is 0.768. The summed E-state index contributed by atoms with van der Waals surface area (Å²) in [4.78, 5) is 21.8. The van der Waals surface area contributed by atoms with Crippen molar-refractivity contribution >= 4 is 11.7 Å². The van der Waals surface area contributed by atoms with E-state index in [2.05, 4.69) is 49.7 Å². The molecule has 1 amide bonds. The van der Waals surface area contributed by atoms with E-state index in [0.29, 0.717) is 12.2 Å². The first-order chi connectivity index (χ1) is 14.3. The molecule has 1 aromatic heterocycles. The van der Waals surface area contributed by atoms with Crippen LogP contribution in [0, 0.1) is 0 Å². The smallest absolute Gasteiger partial charge is 0.270 e. The molecule has 0 aliphatic carbocycles. The van der Waals surface area contributed by atoms with Gasteiger partial charge in [-0.05, 0) is 17.7 Å². The Hall–Kier alpha value is -2.48. The third-order valence-electron chi connectivity index (χ3n) is 5.49. The number of amides is 1. The van der Waals surface area contributed by atoms with Gasteiger partial charge in [0.15, 0.2) is 0 Å². The van der Waals surface area contributed by atoms with Crippen molar-refractivity contribution in [2.45, 2.75) is 6.04 Å². The molecule has 2 N–H and O–H groups in total. The second-order valence-electron chi connectivity index (χ2n) is 7.45. The summed E-state index contributed by atoms with van der Waals surface area (Å²) >= 11 is 0. The van der Waals surface area contributed by atoms with Gasteiger partial charge >= 0.3 is 0 Å². The molecule has 0 radical (unpaired) electrons. The number of ether oxygens (including phenoxy) is 1. The Bertz CT molecular complexity index is 795. The average Bonchev–Trinajstić information content (AvgIpc) is 2.80. The lowest BCUT2D eigenvalue weighted by atomic mass is 10.0. The van der Waals surface area contributed by atoms with Gasteiger partial charge in [-0.2, -0.15) is 0 Å². The highest BCUT2D eigenvalue weighted by molar-refractivity contribution is 5.92. The molecule has 2 aliphatic rings. The van der Waals surface area contributed by atoms with E-state index in [4.69, 9.17) is 4.74 Å². The van der Waals surface area contributed by atoms with Gasteiger partial charge in [-0.3, -0.25) is 9.69 Å². The minimum absolute atomic E-state index is 0.116. The monoisotopic (exact) mass is 395 g/mol. The van der Waals surface area contributed by atoms with Crippen LogP contribution in [0.5, 0.6) is 0 Å². The van der Waals surface area contributed by atoms with Crippen LogP contribution in [0.1, 0.15) is 22.1 Å². The fraction of sp³-hybridized carbons (Fsp3) is 0.455. The third kappa shape index (κ3) is 5.32. The SMILES string of the molecule is O=C(NCCN1CCOCC1)c1cccc(N2CCN[C@H](c3ccccc3)C2)n1. The van der Waals surface area contributed by atoms with Crippen LogP contribution < -0.4 is 15.5 Å². The Kier molecular flexibility index (Phi) is 6.71. The van der Waals surface area contributed by atoms with Crippen LogP contribution in [0.4, 0.5) is 5.82 Å². The first-order valence-electron chi connectivity index (χ1n) is 10.4. The van der Waals surface area contributed by atoms with Crippen molar-refractivity contribution in [3.63, 3.8) is 0 Å². The summed E-state index contributed by atoms with van der Waals surface area (Å²) in [5.41, 5.74) is 1.74. The maximum atomic E-state index is 12.6. The number of anilines is 1. The molecular formula is C22H29N5O2. The average molecular weight is 396 g/mol. The van der Waals surface area contributed by atoms with Gasteiger partial charge in [0.05, 0.1) is 13.2 Å². The number of nitrogens with one attached hydrogen (secondary N) is 2. The van der Waals surface area contributed by atoms with Crippen molar-refractivity contribution in [1.82, 2.24) is 20.5 Å². The predicted octanol–water partition coefficient (Wildman–Crippen LogP) is 1.29. The van der Waals surface area contributed by atoms with Crippen molar-refractivity contribution < 1.29 is 9.53 Å². The topological polar surface area (TPSA) is 69.7 Å². The summed E-state index contributed by atoms with van der Waals surface area (Å²) in [5, 5.41) is 6.57. The van der Waals surface area contributed by atoms with E-state index < -0.39 is 0 Å². The molecule has 7 nitrogen and oxygen atoms in total. The number of hydrogen-bond donors (Lipinski definition) is 2. The van der Waals surface area contributed by atoms with Crippen LogP contribution in [-0.4, -0.2) is 74.8 Å². The Morgan fingerprint density at radius 2 is 1.93 bits per heavy atom. The predicted molar refractivity (Wildman–Crippen MR) is 113 cm³/mol. The fourth-order valence-electron chi connectivity index (χ4n) is 3.84. The molecule has 1 aromatic carbocycles. The normalized spacial score (nSPS) is 20.4. The van der Waals surface area contributed by atoms with Crippen LogP contribution >= 0.6 is 0 Å². The first kappa shape index (κ1) is 19.8. The lowest BCUT2D eigenvalue weighted by Gasteiger charge is -2.35. The van der Waals surface area contributed by atoms with Crippen molar-refractivity contribution in [1.29, 1.82) is 0 Å². The Morgan fingerprint density at radius 3 is 2.76 bits per heavy atom. The van der Waals surface area contributed by atoms with Gasteiger partial charge in [0.25, 0.3) is 5.91 Å². The van der Waals surface area contributed by atoms with Crippen LogP contribution in [0.15, 0.2) is 48.5 Å². The number of pyridine rings is 1. The number of rotatable bonds is 6. The second-order valence-corrected chi connectivity index (χ2v) is 7.45. The minimum atomic E-state index is -0.116. The molecule has 3 heterocycles. The second kappa shape index (κ2) is 9.82. The molecule has 154 valence electrons. The van der Waals surface area contributed by atoms with Gasteiger partial charge in [0, 0.05) is 51.9 Å². The molecule has 0 unspecified atom stereocenters. The maximum Gasteiger partial charge on any atom is 0.270 e. The van der Waals surface area contributed by atoms with E-state index in [0.717, 1.165) is 58.3 Å². The summed E-state index contributed by atoms with van der Waals surface area (Å²) in [6, 6.07) is 16.4. The summed E-state index contributed by atoms with van der Waals surface area (Å²) in [7, 11) is 0. The van der Waals surface area contributed by atoms with E-state index in [1.54, 1.807) is 6.07 Å². The molecule has 2 aliphatic heterocycles. The van der Waals surface area contributed by atoms with Crippen molar-refractivity contribution in [3.8, 4) is 0 Å². The number of aromatic nitrogens is 1. The molecule has 4 rings (SSSR count). The van der Waals surface area contributed by atoms with Crippen LogP contribution in [-0.2, 0) is 4.74 Å². The van der Waals surface area contributed by atoms with E-state index in [-0.39, 0.29) is 11.9 Å². The molecule has 29 heavy (non-hydrogen) atoms. The summed E-state index contributed by atoms with van der Waals surface area (Å²) in [6.07, 6.45) is 0. The largest absolute Gasteiger partial charge is 0.379 e. The summed E-state index contributed by atoms with van der Waals surface area (Å²) in [5.74, 6) is 0.739. The van der Waals surface area contributed by atoms with Gasteiger partial charge < -0.3 is 20.3 Å². The van der Waals surface area contributed by atoms with E-state index in [1.807, 2.05) is 18.2 Å². The highest BCUT2D eigenvalue weighted by atomic mass is 16.5. The fourth-order valence-corrected chi connectivity index (χ4v) is 3.84. The number of benzene rings is 1. The summed E-state index contributed by atoms with van der Waals surface area (Å²) in [6.45, 7) is 7.44. The molecule has 0 spiro atoms. The van der Waals surface area contributed by atoms with Gasteiger partial charge in [0.1, 0.15) is 11.5 Å². The number of carbonyl (C=O) groups is 1. The number of hydrogen-bond acceptors (Lipinski definition) is 6. The number of morpholine rings is 1. The van der Waals surface area contributed by atoms with Crippen molar-refractivity contribution in [3.05, 3.63) is 59.8 Å². The molecular weight excluding hydrogens is 366 g/mol. The first-order valence-corrected chi connectivity index (χ1v) is 10.4.